The minimum absolute atomic E-state index is 0.0172. The number of fused-ring (bicyclic) bond motifs is 1. The van der Waals surface area contributed by atoms with Crippen molar-refractivity contribution in [2.75, 3.05) is 24.6 Å². The van der Waals surface area contributed by atoms with E-state index in [0.717, 1.165) is 32.4 Å². The average Bonchev–Trinajstić information content (AvgIpc) is 3.83. The highest BCUT2D eigenvalue weighted by Crippen LogP contribution is 2.26. The topological polar surface area (TPSA) is 379 Å². The number of amides is 11. The summed E-state index contributed by atoms with van der Waals surface area (Å²) in [5, 5.41) is 20.0. The number of primary amides is 3. The summed E-state index contributed by atoms with van der Waals surface area (Å²) in [6.45, 7) is 6.69. The van der Waals surface area contributed by atoms with Crippen LogP contribution in [-0.2, 0) is 59.2 Å². The number of carbonyl (C=O) groups excluding carboxylic acids is 11. The van der Waals surface area contributed by atoms with Crippen molar-refractivity contribution in [1.82, 2.24) is 42.1 Å². The molecule has 2 heterocycles. The zero-order valence-electron chi connectivity index (χ0n) is 40.9. The molecule has 2 aliphatic heterocycles. The van der Waals surface area contributed by atoms with Crippen molar-refractivity contribution in [2.24, 2.45) is 34.8 Å². The lowest BCUT2D eigenvalue weighted by molar-refractivity contribution is -0.142. The lowest BCUT2D eigenvalue weighted by atomic mass is 9.96. The standard InChI is InChI=1S/C47H68N12O11S2/c1-5-25(4)39-46(69)53-30(14-15-36(49)60)42(65)55-33(20-37(50)61)43(66)57-34(47(70)59-16-8-11-35(59)45(68)56-31(17-24(2)3)41(64)52-21-38(51)62)23-72-71-22-29(48)40(63)54-32(44(67)58-39)19-26-12-13-27-9-6-7-10-28(27)18-26/h6-7,9-10,12-13,18,24-25,29-35,39H,5,8,11,14-17,19-23,48H2,1-4H3,(H2,49,60)(H2,50,61)(H2,51,62)(H,52,64)(H,53,69)(H,54,63)(H,55,65)(H,56,68)(H,57,66)(H,58,67)/t25-,29-,30-,31-,32-,33-,34-,35-,39-/m0/s1. The number of nitrogens with two attached hydrogens (primary N) is 4. The third-order valence-electron chi connectivity index (χ3n) is 12.2. The molecule has 72 heavy (non-hydrogen) atoms. The smallest absolute Gasteiger partial charge is 0.246 e. The first kappa shape index (κ1) is 58.1. The summed E-state index contributed by atoms with van der Waals surface area (Å²) in [6.07, 6.45) is -0.525. The van der Waals surface area contributed by atoms with Gasteiger partial charge < -0.3 is 65.1 Å². The van der Waals surface area contributed by atoms with Gasteiger partial charge in [-0.15, -0.1) is 0 Å². The van der Waals surface area contributed by atoms with Crippen LogP contribution in [0.4, 0.5) is 0 Å². The van der Waals surface area contributed by atoms with E-state index in [0.29, 0.717) is 18.4 Å². The molecule has 0 radical (unpaired) electrons. The van der Waals surface area contributed by atoms with Gasteiger partial charge in [-0.3, -0.25) is 52.7 Å². The first-order valence-electron chi connectivity index (χ1n) is 23.8. The SMILES string of the molecule is CC[C@H](C)[C@@H]1NC(=O)[C@H](Cc2ccc3ccccc3c2)NC(=O)[C@@H](N)CSSC[C@@H](C(=O)N2CCC[C@H]2C(=O)N[C@@H](CC(C)C)C(=O)NCC(N)=O)NC(=O)[C@H](CC(N)=O)NC(=O)[C@H](CCC(N)=O)NC1=O. The van der Waals surface area contributed by atoms with E-state index in [4.69, 9.17) is 22.9 Å². The van der Waals surface area contributed by atoms with Crippen molar-refractivity contribution in [2.45, 2.75) is 127 Å². The van der Waals surface area contributed by atoms with Crippen molar-refractivity contribution < 1.29 is 52.7 Å². The molecule has 0 unspecified atom stereocenters. The Morgan fingerprint density at radius 1 is 0.750 bits per heavy atom. The van der Waals surface area contributed by atoms with E-state index < -0.39 is 139 Å². The lowest BCUT2D eigenvalue weighted by Crippen LogP contribution is -2.61. The first-order valence-corrected chi connectivity index (χ1v) is 26.3. The quantitative estimate of drug-likeness (QED) is 0.0753. The number of nitrogens with one attached hydrogen (secondary N) is 7. The van der Waals surface area contributed by atoms with Gasteiger partial charge in [0, 0.05) is 30.9 Å². The van der Waals surface area contributed by atoms with Gasteiger partial charge in [0.05, 0.1) is 19.0 Å². The van der Waals surface area contributed by atoms with Gasteiger partial charge in [0.1, 0.15) is 42.3 Å². The second kappa shape index (κ2) is 28.0. The summed E-state index contributed by atoms with van der Waals surface area (Å²) in [5.41, 5.74) is 23.3. The van der Waals surface area contributed by atoms with Crippen LogP contribution in [0, 0.1) is 11.8 Å². The predicted octanol–water partition coefficient (Wildman–Crippen LogP) is -2.16. The monoisotopic (exact) mass is 1040 g/mol. The van der Waals surface area contributed by atoms with Gasteiger partial charge in [-0.05, 0) is 53.9 Å². The molecule has 2 aromatic rings. The van der Waals surface area contributed by atoms with E-state index in [2.05, 4.69) is 37.2 Å². The number of benzene rings is 2. The number of carbonyl (C=O) groups is 11. The van der Waals surface area contributed by atoms with Gasteiger partial charge in [-0.2, -0.15) is 0 Å². The molecular formula is C47H68N12O11S2. The molecule has 25 heteroatoms. The van der Waals surface area contributed by atoms with E-state index in [1.165, 1.54) is 4.90 Å². The van der Waals surface area contributed by atoms with E-state index >= 15 is 0 Å². The zero-order valence-corrected chi connectivity index (χ0v) is 42.5. The van der Waals surface area contributed by atoms with E-state index in [1.807, 2.05) is 56.3 Å². The van der Waals surface area contributed by atoms with Crippen LogP contribution in [0.2, 0.25) is 0 Å². The molecule has 0 spiro atoms. The van der Waals surface area contributed by atoms with Crippen molar-refractivity contribution in [3.05, 3.63) is 48.0 Å². The van der Waals surface area contributed by atoms with E-state index in [1.54, 1.807) is 13.8 Å². The van der Waals surface area contributed by atoms with Crippen molar-refractivity contribution in [3.8, 4) is 0 Å². The minimum Gasteiger partial charge on any atom is -0.370 e. The predicted molar refractivity (Wildman–Crippen MR) is 270 cm³/mol. The third-order valence-corrected chi connectivity index (χ3v) is 14.6. The van der Waals surface area contributed by atoms with Crippen LogP contribution < -0.4 is 60.2 Å². The highest BCUT2D eigenvalue weighted by atomic mass is 33.1. The van der Waals surface area contributed by atoms with Crippen LogP contribution in [0.25, 0.3) is 10.8 Å². The highest BCUT2D eigenvalue weighted by Gasteiger charge is 2.41. The van der Waals surface area contributed by atoms with Crippen molar-refractivity contribution >= 4 is 97.3 Å². The molecule has 0 bridgehead atoms. The Labute approximate surface area is 425 Å². The van der Waals surface area contributed by atoms with E-state index in [-0.39, 0.29) is 49.7 Å². The van der Waals surface area contributed by atoms with Crippen LogP contribution in [0.5, 0.6) is 0 Å². The van der Waals surface area contributed by atoms with Crippen LogP contribution in [0.3, 0.4) is 0 Å². The molecule has 2 aromatic carbocycles. The second-order valence-corrected chi connectivity index (χ2v) is 21.0. The molecule has 4 rings (SSSR count). The zero-order chi connectivity index (χ0) is 53.2. The van der Waals surface area contributed by atoms with Gasteiger partial charge in [0.25, 0.3) is 0 Å². The maximum Gasteiger partial charge on any atom is 0.246 e. The summed E-state index contributed by atoms with van der Waals surface area (Å²) in [6, 6.07) is 2.36. The normalized spacial score (nSPS) is 23.8. The fourth-order valence-electron chi connectivity index (χ4n) is 8.08. The summed E-state index contributed by atoms with van der Waals surface area (Å²) < 4.78 is 0. The van der Waals surface area contributed by atoms with Gasteiger partial charge >= 0.3 is 0 Å². The molecule has 2 saturated heterocycles. The molecule has 15 N–H and O–H groups in total. The first-order chi connectivity index (χ1) is 34.1. The molecule has 23 nitrogen and oxygen atoms in total. The molecule has 9 atom stereocenters. The Bertz CT molecular complexity index is 2340. The largest absolute Gasteiger partial charge is 0.370 e. The molecule has 2 aliphatic rings. The van der Waals surface area contributed by atoms with Crippen molar-refractivity contribution in [1.29, 1.82) is 0 Å². The van der Waals surface area contributed by atoms with Crippen LogP contribution in [-0.4, -0.2) is 143 Å². The van der Waals surface area contributed by atoms with Crippen LogP contribution in [0.15, 0.2) is 42.5 Å². The minimum atomic E-state index is -1.74. The maximum atomic E-state index is 14.6. The molecule has 11 amide bonds. The van der Waals surface area contributed by atoms with Gasteiger partial charge in [-0.1, -0.05) is 98.2 Å². The molecular weight excluding hydrogens is 973 g/mol. The molecule has 0 aliphatic carbocycles. The van der Waals surface area contributed by atoms with Crippen molar-refractivity contribution in [3.63, 3.8) is 0 Å². The Morgan fingerprint density at radius 3 is 2.04 bits per heavy atom. The molecule has 0 saturated carbocycles. The van der Waals surface area contributed by atoms with Gasteiger partial charge in [0.15, 0.2) is 0 Å². The fraction of sp³-hybridized carbons (Fsp3) is 0.553. The Balaban J connectivity index is 1.71. The summed E-state index contributed by atoms with van der Waals surface area (Å²) in [7, 11) is 2.10. The maximum absolute atomic E-state index is 14.6. The number of hydrogen-bond acceptors (Lipinski definition) is 14. The summed E-state index contributed by atoms with van der Waals surface area (Å²) >= 11 is 0. The number of hydrogen-bond donors (Lipinski definition) is 11. The van der Waals surface area contributed by atoms with Crippen LogP contribution in [0.1, 0.15) is 78.2 Å². The number of rotatable bonds is 17. The van der Waals surface area contributed by atoms with Gasteiger partial charge in [0.2, 0.25) is 65.0 Å². The van der Waals surface area contributed by atoms with Crippen LogP contribution >= 0.6 is 21.6 Å². The Kier molecular flexibility index (Phi) is 22.6. The molecule has 0 aromatic heterocycles. The van der Waals surface area contributed by atoms with Gasteiger partial charge in [-0.25, -0.2) is 0 Å². The highest BCUT2D eigenvalue weighted by molar-refractivity contribution is 8.76. The number of nitrogens with zero attached hydrogens (tertiary/aromatic N) is 1. The average molecular weight is 1040 g/mol. The molecule has 394 valence electrons. The second-order valence-electron chi connectivity index (χ2n) is 18.4. The fourth-order valence-corrected chi connectivity index (χ4v) is 10.4. The number of likely N-dealkylation sites (tertiary alicyclic amines) is 1. The van der Waals surface area contributed by atoms with E-state index in [9.17, 15) is 52.7 Å². The Morgan fingerprint density at radius 2 is 1.39 bits per heavy atom. The molecule has 2 fully saturated rings. The third kappa shape index (κ3) is 17.7. The summed E-state index contributed by atoms with van der Waals surface area (Å²) in [4.78, 5) is 149. The lowest BCUT2D eigenvalue weighted by Gasteiger charge is -2.31. The Hall–Kier alpha value is -6.47. The summed E-state index contributed by atoms with van der Waals surface area (Å²) in [5.74, 6) is -10.1.